The maximum atomic E-state index is 13.3. The number of carbonyl (C=O) groups is 1. The Morgan fingerprint density at radius 3 is 2.48 bits per heavy atom. The fourth-order valence-electron chi connectivity index (χ4n) is 2.08. The van der Waals surface area contributed by atoms with Gasteiger partial charge in [0, 0.05) is 10.7 Å². The van der Waals surface area contributed by atoms with Crippen LogP contribution in [0.15, 0.2) is 48.5 Å². The summed E-state index contributed by atoms with van der Waals surface area (Å²) < 4.78 is 18.2. The first-order chi connectivity index (χ1) is 9.95. The van der Waals surface area contributed by atoms with Gasteiger partial charge in [0.15, 0.2) is 5.54 Å². The van der Waals surface area contributed by atoms with Crippen LogP contribution in [0.4, 0.5) is 10.1 Å². The molecule has 0 aliphatic heterocycles. The van der Waals surface area contributed by atoms with Gasteiger partial charge in [-0.15, -0.1) is 0 Å². The Bertz CT molecular complexity index is 645. The van der Waals surface area contributed by atoms with Crippen LogP contribution in [-0.4, -0.2) is 13.1 Å². The summed E-state index contributed by atoms with van der Waals surface area (Å²) in [5, 5.41) is 3.59. The van der Waals surface area contributed by atoms with E-state index in [-0.39, 0.29) is 5.82 Å². The van der Waals surface area contributed by atoms with E-state index in [0.717, 1.165) is 0 Å². The monoisotopic (exact) mass is 307 g/mol. The fraction of sp³-hybridized carbons (Fsp3) is 0.188. The number of nitrogens with one attached hydrogen (secondary N) is 1. The lowest BCUT2D eigenvalue weighted by Gasteiger charge is -2.29. The average molecular weight is 308 g/mol. The first kappa shape index (κ1) is 15.3. The molecule has 3 nitrogen and oxygen atoms in total. The molecule has 0 aromatic heterocycles. The number of ether oxygens (including phenoxy) is 1. The molecule has 0 radical (unpaired) electrons. The molecule has 5 heteroatoms. The Kier molecular flexibility index (Phi) is 4.48. The summed E-state index contributed by atoms with van der Waals surface area (Å²) >= 11 is 5.87. The number of hydrogen-bond donors (Lipinski definition) is 1. The number of anilines is 1. The number of esters is 1. The van der Waals surface area contributed by atoms with E-state index >= 15 is 0 Å². The van der Waals surface area contributed by atoms with Gasteiger partial charge in [0.05, 0.1) is 7.11 Å². The molecule has 2 aromatic carbocycles. The van der Waals surface area contributed by atoms with Gasteiger partial charge in [0.1, 0.15) is 5.82 Å². The lowest BCUT2D eigenvalue weighted by atomic mass is 9.91. The van der Waals surface area contributed by atoms with E-state index in [2.05, 4.69) is 5.32 Å². The Labute approximate surface area is 127 Å². The van der Waals surface area contributed by atoms with Crippen LogP contribution in [0.3, 0.4) is 0 Å². The van der Waals surface area contributed by atoms with Gasteiger partial charge in [-0.25, -0.2) is 9.18 Å². The first-order valence-electron chi connectivity index (χ1n) is 6.34. The first-order valence-corrected chi connectivity index (χ1v) is 6.72. The average Bonchev–Trinajstić information content (AvgIpc) is 2.46. The third-order valence-corrected chi connectivity index (χ3v) is 3.49. The van der Waals surface area contributed by atoms with Gasteiger partial charge in [-0.2, -0.15) is 0 Å². The summed E-state index contributed by atoms with van der Waals surface area (Å²) in [4.78, 5) is 12.2. The van der Waals surface area contributed by atoms with E-state index < -0.39 is 11.5 Å². The zero-order chi connectivity index (χ0) is 15.5. The molecule has 1 atom stereocenters. The van der Waals surface area contributed by atoms with Gasteiger partial charge in [-0.3, -0.25) is 0 Å². The summed E-state index contributed by atoms with van der Waals surface area (Å²) in [6, 6.07) is 12.7. The second-order valence-electron chi connectivity index (χ2n) is 4.76. The number of benzene rings is 2. The quantitative estimate of drug-likeness (QED) is 0.868. The van der Waals surface area contributed by atoms with E-state index in [0.29, 0.717) is 16.3 Å². The van der Waals surface area contributed by atoms with Crippen molar-refractivity contribution in [3.63, 3.8) is 0 Å². The molecule has 21 heavy (non-hydrogen) atoms. The molecule has 1 N–H and O–H groups in total. The maximum absolute atomic E-state index is 13.3. The molecule has 0 saturated carbocycles. The Hall–Kier alpha value is -2.07. The van der Waals surface area contributed by atoms with Crippen molar-refractivity contribution in [3.05, 3.63) is 64.9 Å². The highest BCUT2D eigenvalue weighted by Gasteiger charge is 2.36. The van der Waals surface area contributed by atoms with Gasteiger partial charge in [0.25, 0.3) is 0 Å². The van der Waals surface area contributed by atoms with Gasteiger partial charge >= 0.3 is 5.97 Å². The van der Waals surface area contributed by atoms with Gasteiger partial charge in [-0.05, 0) is 42.8 Å². The van der Waals surface area contributed by atoms with Crippen LogP contribution < -0.4 is 5.32 Å². The minimum atomic E-state index is -1.15. The van der Waals surface area contributed by atoms with Crippen molar-refractivity contribution in [2.45, 2.75) is 12.5 Å². The van der Waals surface area contributed by atoms with E-state index in [1.807, 2.05) is 0 Å². The van der Waals surface area contributed by atoms with Crippen molar-refractivity contribution in [2.24, 2.45) is 0 Å². The zero-order valence-electron chi connectivity index (χ0n) is 11.7. The van der Waals surface area contributed by atoms with Crippen LogP contribution in [-0.2, 0) is 15.1 Å². The van der Waals surface area contributed by atoms with Gasteiger partial charge in [-0.1, -0.05) is 29.8 Å². The summed E-state index contributed by atoms with van der Waals surface area (Å²) in [5.74, 6) is -0.864. The second-order valence-corrected chi connectivity index (χ2v) is 5.20. The highest BCUT2D eigenvalue weighted by molar-refractivity contribution is 6.30. The second kappa shape index (κ2) is 6.14. The number of halogens is 2. The van der Waals surface area contributed by atoms with Gasteiger partial charge in [0.2, 0.25) is 0 Å². The minimum Gasteiger partial charge on any atom is -0.467 e. The van der Waals surface area contributed by atoms with Crippen LogP contribution in [0.5, 0.6) is 0 Å². The highest BCUT2D eigenvalue weighted by atomic mass is 35.5. The van der Waals surface area contributed by atoms with Crippen LogP contribution in [0.1, 0.15) is 12.5 Å². The molecule has 0 amide bonds. The SMILES string of the molecule is COC(=O)C(C)(Nc1cccc(F)c1)c1ccc(Cl)cc1. The summed E-state index contributed by atoms with van der Waals surface area (Å²) in [7, 11) is 1.31. The van der Waals surface area contributed by atoms with Crippen LogP contribution in [0.2, 0.25) is 5.02 Å². The molecule has 2 aromatic rings. The zero-order valence-corrected chi connectivity index (χ0v) is 12.4. The normalized spacial score (nSPS) is 13.3. The Morgan fingerprint density at radius 1 is 1.24 bits per heavy atom. The standard InChI is InChI=1S/C16H15ClFNO2/c1-16(15(20)21-2,11-6-8-12(17)9-7-11)19-14-5-3-4-13(18)10-14/h3-10,19H,1-2H3. The molecule has 0 saturated heterocycles. The number of carbonyl (C=O) groups excluding carboxylic acids is 1. The van der Waals surface area contributed by atoms with Crippen molar-refractivity contribution in [3.8, 4) is 0 Å². The Balaban J connectivity index is 2.42. The summed E-state index contributed by atoms with van der Waals surface area (Å²) in [6.45, 7) is 1.67. The molecule has 2 rings (SSSR count). The summed E-state index contributed by atoms with van der Waals surface area (Å²) in [5.41, 5.74) is 0.00787. The van der Waals surface area contributed by atoms with Crippen LogP contribution in [0.25, 0.3) is 0 Å². The number of rotatable bonds is 4. The molecule has 0 aliphatic rings. The van der Waals surface area contributed by atoms with E-state index in [1.54, 1.807) is 43.3 Å². The van der Waals surface area contributed by atoms with Crippen molar-refractivity contribution < 1.29 is 13.9 Å². The smallest absolute Gasteiger partial charge is 0.335 e. The van der Waals surface area contributed by atoms with E-state index in [4.69, 9.17) is 16.3 Å². The van der Waals surface area contributed by atoms with E-state index in [9.17, 15) is 9.18 Å². The van der Waals surface area contributed by atoms with Crippen molar-refractivity contribution in [1.29, 1.82) is 0 Å². The maximum Gasteiger partial charge on any atom is 0.335 e. The highest BCUT2D eigenvalue weighted by Crippen LogP contribution is 2.29. The van der Waals surface area contributed by atoms with E-state index in [1.165, 1.54) is 19.2 Å². The molecule has 0 spiro atoms. The van der Waals surface area contributed by atoms with Crippen molar-refractivity contribution >= 4 is 23.3 Å². The topological polar surface area (TPSA) is 38.3 Å². The third-order valence-electron chi connectivity index (χ3n) is 3.23. The molecule has 0 bridgehead atoms. The third kappa shape index (κ3) is 3.34. The largest absolute Gasteiger partial charge is 0.467 e. The lowest BCUT2D eigenvalue weighted by Crippen LogP contribution is -2.41. The summed E-state index contributed by atoms with van der Waals surface area (Å²) in [6.07, 6.45) is 0. The molecule has 110 valence electrons. The molecule has 0 fully saturated rings. The molecule has 0 aliphatic carbocycles. The lowest BCUT2D eigenvalue weighted by molar-refractivity contribution is -0.145. The van der Waals surface area contributed by atoms with Crippen molar-refractivity contribution in [1.82, 2.24) is 0 Å². The van der Waals surface area contributed by atoms with Crippen LogP contribution in [0, 0.1) is 5.82 Å². The molecular formula is C16H15ClFNO2. The van der Waals surface area contributed by atoms with Gasteiger partial charge < -0.3 is 10.1 Å². The molecular weight excluding hydrogens is 293 g/mol. The predicted molar refractivity (Wildman–Crippen MR) is 80.8 cm³/mol. The number of hydrogen-bond acceptors (Lipinski definition) is 3. The molecule has 1 unspecified atom stereocenters. The van der Waals surface area contributed by atoms with Crippen LogP contribution >= 0.6 is 11.6 Å². The number of methoxy groups -OCH3 is 1. The minimum absolute atomic E-state index is 0.386. The fourth-order valence-corrected chi connectivity index (χ4v) is 2.21. The molecule has 0 heterocycles. The Morgan fingerprint density at radius 2 is 1.90 bits per heavy atom. The van der Waals surface area contributed by atoms with Crippen molar-refractivity contribution in [2.75, 3.05) is 12.4 Å². The predicted octanol–water partition coefficient (Wildman–Crippen LogP) is 3.98.